The van der Waals surface area contributed by atoms with Gasteiger partial charge in [0.1, 0.15) is 22.5 Å². The predicted molar refractivity (Wildman–Crippen MR) is 89.0 cm³/mol. The number of pyridine rings is 1. The van der Waals surface area contributed by atoms with E-state index in [4.69, 9.17) is 5.21 Å². The summed E-state index contributed by atoms with van der Waals surface area (Å²) in [6, 6.07) is 4.53. The van der Waals surface area contributed by atoms with Gasteiger partial charge in [0.25, 0.3) is 5.91 Å². The number of aromatic nitrogens is 1. The largest absolute Gasteiger partial charge is 0.508 e. The monoisotopic (exact) mass is 383 g/mol. The Balaban J connectivity index is 2.55. The van der Waals surface area contributed by atoms with E-state index in [0.29, 0.717) is 11.6 Å². The Labute approximate surface area is 149 Å². The van der Waals surface area contributed by atoms with E-state index in [2.05, 4.69) is 4.98 Å². The minimum atomic E-state index is -4.47. The Morgan fingerprint density at radius 3 is 2.65 bits per heavy atom. The molecule has 8 nitrogen and oxygen atoms in total. The second kappa shape index (κ2) is 8.21. The van der Waals surface area contributed by atoms with Gasteiger partial charge in [-0.3, -0.25) is 15.0 Å². The molecule has 0 saturated heterocycles. The van der Waals surface area contributed by atoms with Crippen molar-refractivity contribution in [3.05, 3.63) is 54.1 Å². The highest BCUT2D eigenvalue weighted by atomic mass is 32.2. The molecule has 0 saturated carbocycles. The molecule has 2 aromatic rings. The van der Waals surface area contributed by atoms with Crippen LogP contribution in [0.1, 0.15) is 18.9 Å². The second-order valence-electron chi connectivity index (χ2n) is 5.43. The normalized spacial score (nSPS) is 12.8. The number of halogens is 1. The number of phenolic OH excluding ortho intramolecular Hbond substituents is 1. The molecule has 0 spiro atoms. The van der Waals surface area contributed by atoms with Crippen LogP contribution in [0.2, 0.25) is 0 Å². The van der Waals surface area contributed by atoms with Gasteiger partial charge < -0.3 is 5.11 Å². The minimum Gasteiger partial charge on any atom is -0.508 e. The molecule has 140 valence electrons. The van der Waals surface area contributed by atoms with E-state index in [1.165, 1.54) is 17.9 Å². The quantitative estimate of drug-likeness (QED) is 0.491. The molecule has 26 heavy (non-hydrogen) atoms. The van der Waals surface area contributed by atoms with Gasteiger partial charge in [-0.05, 0) is 30.2 Å². The number of carbonyl (C=O) groups excluding carboxylic acids is 1. The highest BCUT2D eigenvalue weighted by molar-refractivity contribution is 7.89. The molecule has 10 heteroatoms. The zero-order chi connectivity index (χ0) is 19.3. The fraction of sp³-hybridized carbons (Fsp3) is 0.250. The molecule has 0 aliphatic carbocycles. The van der Waals surface area contributed by atoms with Gasteiger partial charge in [-0.15, -0.1) is 0 Å². The molecule has 0 aliphatic heterocycles. The molecule has 2 rings (SSSR count). The topological polar surface area (TPSA) is 120 Å². The van der Waals surface area contributed by atoms with Gasteiger partial charge in [0, 0.05) is 25.0 Å². The summed E-state index contributed by atoms with van der Waals surface area (Å²) in [6.07, 6.45) is 2.95. The molecule has 1 aromatic heterocycles. The van der Waals surface area contributed by atoms with Gasteiger partial charge in [0.15, 0.2) is 0 Å². The lowest BCUT2D eigenvalue weighted by atomic mass is 10.2. The van der Waals surface area contributed by atoms with Crippen LogP contribution in [-0.2, 0) is 21.4 Å². The van der Waals surface area contributed by atoms with E-state index >= 15 is 0 Å². The minimum absolute atomic E-state index is 0.0333. The van der Waals surface area contributed by atoms with Crippen molar-refractivity contribution >= 4 is 15.9 Å². The Morgan fingerprint density at radius 2 is 2.12 bits per heavy atom. The summed E-state index contributed by atoms with van der Waals surface area (Å²) in [6.45, 7) is 1.29. The first-order valence-electron chi connectivity index (χ1n) is 7.64. The first-order chi connectivity index (χ1) is 12.3. The Morgan fingerprint density at radius 1 is 1.38 bits per heavy atom. The standard InChI is InChI=1S/C16H18FN3O5S/c1-2-14(16(22)19-23)20(10-11-4-3-7-18-9-11)26(24,25)15-6-5-12(21)8-13(15)17/h3-9,14,21,23H,2,10H2,1H3,(H,19,22)/t14-/m1/s1. The number of hydroxylamine groups is 1. The van der Waals surface area contributed by atoms with Crippen LogP contribution >= 0.6 is 0 Å². The van der Waals surface area contributed by atoms with Gasteiger partial charge in [-0.25, -0.2) is 18.3 Å². The third-order valence-electron chi connectivity index (χ3n) is 3.71. The molecule has 0 aliphatic rings. The van der Waals surface area contributed by atoms with Crippen LogP contribution in [0.15, 0.2) is 47.6 Å². The maximum Gasteiger partial charge on any atom is 0.261 e. The smallest absolute Gasteiger partial charge is 0.261 e. The molecular formula is C16H18FN3O5S. The number of aromatic hydroxyl groups is 1. The summed E-state index contributed by atoms with van der Waals surface area (Å²) in [7, 11) is -4.47. The lowest BCUT2D eigenvalue weighted by Gasteiger charge is -2.28. The number of hydrogen-bond acceptors (Lipinski definition) is 6. The summed E-state index contributed by atoms with van der Waals surface area (Å²) >= 11 is 0. The van der Waals surface area contributed by atoms with Crippen LogP contribution < -0.4 is 5.48 Å². The summed E-state index contributed by atoms with van der Waals surface area (Å²) in [5.41, 5.74) is 1.91. The summed E-state index contributed by atoms with van der Waals surface area (Å²) in [4.78, 5) is 15.2. The van der Waals surface area contributed by atoms with Crippen molar-refractivity contribution in [3.63, 3.8) is 0 Å². The SMILES string of the molecule is CC[C@H](C(=O)NO)N(Cc1cccnc1)S(=O)(=O)c1ccc(O)cc1F. The molecular weight excluding hydrogens is 365 g/mol. The molecule has 1 heterocycles. The lowest BCUT2D eigenvalue weighted by molar-refractivity contribution is -0.133. The Kier molecular flexibility index (Phi) is 6.24. The van der Waals surface area contributed by atoms with Crippen molar-refractivity contribution in [2.45, 2.75) is 30.8 Å². The molecule has 1 amide bonds. The number of carbonyl (C=O) groups is 1. The van der Waals surface area contributed by atoms with Gasteiger partial charge >= 0.3 is 0 Å². The first kappa shape index (κ1) is 19.8. The van der Waals surface area contributed by atoms with Crippen molar-refractivity contribution in [3.8, 4) is 5.75 Å². The maximum atomic E-state index is 14.2. The number of sulfonamides is 1. The number of benzene rings is 1. The number of nitrogens with zero attached hydrogens (tertiary/aromatic N) is 2. The van der Waals surface area contributed by atoms with Gasteiger partial charge in [0.2, 0.25) is 10.0 Å². The van der Waals surface area contributed by atoms with Crippen LogP contribution in [0.25, 0.3) is 0 Å². The molecule has 1 aromatic carbocycles. The van der Waals surface area contributed by atoms with E-state index in [1.807, 2.05) is 0 Å². The lowest BCUT2D eigenvalue weighted by Crippen LogP contribution is -2.48. The molecule has 0 fully saturated rings. The van der Waals surface area contributed by atoms with Crippen LogP contribution in [0.5, 0.6) is 5.75 Å². The molecule has 1 atom stereocenters. The van der Waals surface area contributed by atoms with Crippen molar-refractivity contribution in [2.75, 3.05) is 0 Å². The van der Waals surface area contributed by atoms with Crippen LogP contribution in [-0.4, -0.2) is 40.0 Å². The van der Waals surface area contributed by atoms with E-state index in [1.54, 1.807) is 19.1 Å². The van der Waals surface area contributed by atoms with Crippen LogP contribution in [0.3, 0.4) is 0 Å². The number of amides is 1. The van der Waals surface area contributed by atoms with Crippen LogP contribution in [0.4, 0.5) is 4.39 Å². The Bertz CT molecular complexity index is 877. The summed E-state index contributed by atoms with van der Waals surface area (Å²) < 4.78 is 41.0. The number of rotatable bonds is 7. The third-order valence-corrected chi connectivity index (χ3v) is 5.60. The fourth-order valence-electron chi connectivity index (χ4n) is 2.45. The average molecular weight is 383 g/mol. The fourth-order valence-corrected chi connectivity index (χ4v) is 4.15. The van der Waals surface area contributed by atoms with E-state index in [9.17, 15) is 22.7 Å². The van der Waals surface area contributed by atoms with Gasteiger partial charge in [0.05, 0.1) is 0 Å². The predicted octanol–water partition coefficient (Wildman–Crippen LogP) is 1.40. The van der Waals surface area contributed by atoms with E-state index in [0.717, 1.165) is 16.4 Å². The van der Waals surface area contributed by atoms with Gasteiger partial charge in [-0.2, -0.15) is 4.31 Å². The maximum absolute atomic E-state index is 14.2. The number of hydrogen-bond donors (Lipinski definition) is 3. The zero-order valence-corrected chi connectivity index (χ0v) is 14.6. The van der Waals surface area contributed by atoms with Crippen LogP contribution in [0, 0.1) is 5.82 Å². The van der Waals surface area contributed by atoms with E-state index < -0.39 is 38.4 Å². The molecule has 3 N–H and O–H groups in total. The van der Waals surface area contributed by atoms with Crippen molar-refractivity contribution in [1.29, 1.82) is 0 Å². The van der Waals surface area contributed by atoms with Crippen molar-refractivity contribution in [2.24, 2.45) is 0 Å². The summed E-state index contributed by atoms with van der Waals surface area (Å²) in [5.74, 6) is -2.53. The zero-order valence-electron chi connectivity index (χ0n) is 13.8. The second-order valence-corrected chi connectivity index (χ2v) is 7.29. The Hall–Kier alpha value is -2.56. The van der Waals surface area contributed by atoms with E-state index in [-0.39, 0.29) is 13.0 Å². The van der Waals surface area contributed by atoms with Crippen molar-refractivity contribution < 1.29 is 27.9 Å². The first-order valence-corrected chi connectivity index (χ1v) is 9.08. The number of phenols is 1. The average Bonchev–Trinajstić information content (AvgIpc) is 2.61. The molecule has 0 unspecified atom stereocenters. The molecule has 0 radical (unpaired) electrons. The highest BCUT2D eigenvalue weighted by Gasteiger charge is 2.36. The highest BCUT2D eigenvalue weighted by Crippen LogP contribution is 2.26. The third kappa shape index (κ3) is 4.15. The molecule has 0 bridgehead atoms. The summed E-state index contributed by atoms with van der Waals surface area (Å²) in [5, 5.41) is 18.2. The van der Waals surface area contributed by atoms with Crippen molar-refractivity contribution in [1.82, 2.24) is 14.8 Å². The number of nitrogens with one attached hydrogen (secondary N) is 1. The van der Waals surface area contributed by atoms with Gasteiger partial charge in [-0.1, -0.05) is 13.0 Å².